The molecular formula is C17H29N3O. The zero-order chi connectivity index (χ0) is 15.3. The van der Waals surface area contributed by atoms with Gasteiger partial charge in [0.1, 0.15) is 0 Å². The van der Waals surface area contributed by atoms with Crippen molar-refractivity contribution in [3.05, 3.63) is 18.3 Å². The van der Waals surface area contributed by atoms with Crippen molar-refractivity contribution in [1.29, 1.82) is 0 Å². The maximum absolute atomic E-state index is 5.65. The lowest BCUT2D eigenvalue weighted by atomic mass is 9.75. The summed E-state index contributed by atoms with van der Waals surface area (Å²) in [5.74, 6) is 2.50. The van der Waals surface area contributed by atoms with Gasteiger partial charge in [-0.15, -0.1) is 0 Å². The van der Waals surface area contributed by atoms with E-state index in [-0.39, 0.29) is 5.54 Å². The number of anilines is 1. The zero-order valence-electron chi connectivity index (χ0n) is 13.9. The molecule has 0 radical (unpaired) electrons. The first-order valence-electron chi connectivity index (χ1n) is 8.06. The molecule has 21 heavy (non-hydrogen) atoms. The molecule has 0 aliphatic heterocycles. The molecule has 1 fully saturated rings. The van der Waals surface area contributed by atoms with E-state index in [1.165, 1.54) is 25.7 Å². The maximum atomic E-state index is 5.65. The van der Waals surface area contributed by atoms with Gasteiger partial charge in [-0.2, -0.15) is 0 Å². The van der Waals surface area contributed by atoms with Crippen LogP contribution in [0.1, 0.15) is 39.5 Å². The molecule has 0 amide bonds. The lowest BCUT2D eigenvalue weighted by molar-refractivity contribution is 0.0881. The number of likely N-dealkylation sites (N-methyl/N-ethyl adjacent to an activating group) is 1. The standard InChI is InChI=1S/C17H29N3O/c1-5-21-15-9-7-11-18-16(15)19-13-17(20(3)4)10-6-8-14(2)12-17/h7,9,11,14H,5-6,8,10,12-13H2,1-4H3,(H,18,19). The fourth-order valence-electron chi connectivity index (χ4n) is 3.40. The largest absolute Gasteiger partial charge is 0.490 e. The summed E-state index contributed by atoms with van der Waals surface area (Å²) in [4.78, 5) is 6.82. The van der Waals surface area contributed by atoms with E-state index in [0.29, 0.717) is 6.61 Å². The number of ether oxygens (including phenoxy) is 1. The highest BCUT2D eigenvalue weighted by atomic mass is 16.5. The summed E-state index contributed by atoms with van der Waals surface area (Å²) in [5, 5.41) is 3.53. The fraction of sp³-hybridized carbons (Fsp3) is 0.706. The summed E-state index contributed by atoms with van der Waals surface area (Å²) < 4.78 is 5.65. The van der Waals surface area contributed by atoms with E-state index < -0.39 is 0 Å². The van der Waals surface area contributed by atoms with Gasteiger partial charge in [0, 0.05) is 18.3 Å². The van der Waals surface area contributed by atoms with Crippen molar-refractivity contribution in [2.45, 2.75) is 45.1 Å². The van der Waals surface area contributed by atoms with Crippen LogP contribution in [-0.2, 0) is 0 Å². The summed E-state index contributed by atoms with van der Waals surface area (Å²) in [7, 11) is 4.39. The Morgan fingerprint density at radius 1 is 1.48 bits per heavy atom. The average Bonchev–Trinajstić information content (AvgIpc) is 2.46. The molecule has 118 valence electrons. The van der Waals surface area contributed by atoms with E-state index in [1.807, 2.05) is 25.3 Å². The molecule has 2 rings (SSSR count). The summed E-state index contributed by atoms with van der Waals surface area (Å²) in [6.07, 6.45) is 6.96. The van der Waals surface area contributed by atoms with Gasteiger partial charge in [-0.05, 0) is 51.9 Å². The van der Waals surface area contributed by atoms with Gasteiger partial charge in [0.2, 0.25) is 0 Å². The summed E-state index contributed by atoms with van der Waals surface area (Å²) in [5.41, 5.74) is 0.221. The monoisotopic (exact) mass is 291 g/mol. The fourth-order valence-corrected chi connectivity index (χ4v) is 3.40. The van der Waals surface area contributed by atoms with Crippen molar-refractivity contribution < 1.29 is 4.74 Å². The zero-order valence-corrected chi connectivity index (χ0v) is 13.9. The molecule has 0 saturated heterocycles. The van der Waals surface area contributed by atoms with Crippen molar-refractivity contribution in [1.82, 2.24) is 9.88 Å². The first kappa shape index (κ1) is 16.1. The number of rotatable bonds is 6. The van der Waals surface area contributed by atoms with Crippen LogP contribution in [0.3, 0.4) is 0 Å². The van der Waals surface area contributed by atoms with Crippen LogP contribution in [0.4, 0.5) is 5.82 Å². The van der Waals surface area contributed by atoms with E-state index in [1.54, 1.807) is 0 Å². The summed E-state index contributed by atoms with van der Waals surface area (Å²) >= 11 is 0. The molecule has 1 aromatic heterocycles. The first-order chi connectivity index (χ1) is 10.1. The smallest absolute Gasteiger partial charge is 0.168 e. The Labute approximate surface area is 128 Å². The minimum absolute atomic E-state index is 0.221. The molecule has 1 heterocycles. The van der Waals surface area contributed by atoms with Crippen LogP contribution in [-0.4, -0.2) is 42.7 Å². The Morgan fingerprint density at radius 3 is 2.95 bits per heavy atom. The van der Waals surface area contributed by atoms with Gasteiger partial charge < -0.3 is 15.0 Å². The second kappa shape index (κ2) is 7.12. The normalized spacial score (nSPS) is 25.9. The van der Waals surface area contributed by atoms with Gasteiger partial charge in [-0.25, -0.2) is 4.98 Å². The highest BCUT2D eigenvalue weighted by Gasteiger charge is 2.36. The topological polar surface area (TPSA) is 37.4 Å². The van der Waals surface area contributed by atoms with Gasteiger partial charge in [0.15, 0.2) is 11.6 Å². The predicted octanol–water partition coefficient (Wildman–Crippen LogP) is 3.40. The van der Waals surface area contributed by atoms with Gasteiger partial charge >= 0.3 is 0 Å². The quantitative estimate of drug-likeness (QED) is 0.871. The van der Waals surface area contributed by atoms with Crippen LogP contribution in [0.15, 0.2) is 18.3 Å². The van der Waals surface area contributed by atoms with Crippen LogP contribution < -0.4 is 10.1 Å². The summed E-state index contributed by atoms with van der Waals surface area (Å²) in [6, 6.07) is 3.89. The lowest BCUT2D eigenvalue weighted by Gasteiger charge is -2.45. The SMILES string of the molecule is CCOc1cccnc1NCC1(N(C)C)CCCC(C)C1. The Bertz CT molecular complexity index is 449. The highest BCUT2D eigenvalue weighted by Crippen LogP contribution is 2.36. The molecule has 4 heteroatoms. The highest BCUT2D eigenvalue weighted by molar-refractivity contribution is 5.49. The molecule has 0 bridgehead atoms. The second-order valence-electron chi connectivity index (χ2n) is 6.46. The molecule has 4 nitrogen and oxygen atoms in total. The van der Waals surface area contributed by atoms with Gasteiger partial charge in [0.25, 0.3) is 0 Å². The Hall–Kier alpha value is -1.29. The van der Waals surface area contributed by atoms with Crippen LogP contribution >= 0.6 is 0 Å². The Morgan fingerprint density at radius 2 is 2.29 bits per heavy atom. The van der Waals surface area contributed by atoms with Gasteiger partial charge in [-0.3, -0.25) is 0 Å². The number of nitrogens with zero attached hydrogens (tertiary/aromatic N) is 2. The molecule has 0 aromatic carbocycles. The van der Waals surface area contributed by atoms with Crippen molar-refractivity contribution in [2.24, 2.45) is 5.92 Å². The van der Waals surface area contributed by atoms with Crippen LogP contribution in [0, 0.1) is 5.92 Å². The molecule has 2 unspecified atom stereocenters. The van der Waals surface area contributed by atoms with Crippen molar-refractivity contribution in [3.8, 4) is 5.75 Å². The third-order valence-corrected chi connectivity index (χ3v) is 4.67. The van der Waals surface area contributed by atoms with Crippen molar-refractivity contribution >= 4 is 5.82 Å². The van der Waals surface area contributed by atoms with Crippen molar-refractivity contribution in [2.75, 3.05) is 32.6 Å². The Balaban J connectivity index is 2.09. The molecule has 2 atom stereocenters. The lowest BCUT2D eigenvalue weighted by Crippen LogP contribution is -2.52. The second-order valence-corrected chi connectivity index (χ2v) is 6.46. The van der Waals surface area contributed by atoms with E-state index in [0.717, 1.165) is 24.0 Å². The minimum atomic E-state index is 0.221. The van der Waals surface area contributed by atoms with Gasteiger partial charge in [-0.1, -0.05) is 19.8 Å². The third-order valence-electron chi connectivity index (χ3n) is 4.67. The predicted molar refractivity (Wildman–Crippen MR) is 87.9 cm³/mol. The van der Waals surface area contributed by atoms with Crippen LogP contribution in [0.25, 0.3) is 0 Å². The third kappa shape index (κ3) is 3.88. The number of hydrogen-bond donors (Lipinski definition) is 1. The summed E-state index contributed by atoms with van der Waals surface area (Å²) in [6.45, 7) is 5.95. The Kier molecular flexibility index (Phi) is 5.45. The van der Waals surface area contributed by atoms with Gasteiger partial charge in [0.05, 0.1) is 6.61 Å². The average molecular weight is 291 g/mol. The van der Waals surface area contributed by atoms with Crippen LogP contribution in [0.2, 0.25) is 0 Å². The molecule has 1 aliphatic rings. The number of pyridine rings is 1. The minimum Gasteiger partial charge on any atom is -0.490 e. The molecule has 1 aliphatic carbocycles. The van der Waals surface area contributed by atoms with Crippen LogP contribution in [0.5, 0.6) is 5.75 Å². The van der Waals surface area contributed by atoms with E-state index in [9.17, 15) is 0 Å². The van der Waals surface area contributed by atoms with E-state index >= 15 is 0 Å². The number of hydrogen-bond acceptors (Lipinski definition) is 4. The number of nitrogens with one attached hydrogen (secondary N) is 1. The van der Waals surface area contributed by atoms with Crippen molar-refractivity contribution in [3.63, 3.8) is 0 Å². The molecule has 0 spiro atoms. The molecule has 1 N–H and O–H groups in total. The first-order valence-corrected chi connectivity index (χ1v) is 8.06. The number of aromatic nitrogens is 1. The van der Waals surface area contributed by atoms with E-state index in [2.05, 4.69) is 36.2 Å². The molecular weight excluding hydrogens is 262 g/mol. The van der Waals surface area contributed by atoms with E-state index in [4.69, 9.17) is 4.74 Å². The molecule has 1 saturated carbocycles. The maximum Gasteiger partial charge on any atom is 0.168 e. The molecule has 1 aromatic rings.